The zero-order valence-corrected chi connectivity index (χ0v) is 12.0. The van der Waals surface area contributed by atoms with Gasteiger partial charge >= 0.3 is 6.09 Å². The number of carbonyl (C=O) groups is 2. The number of ether oxygens (including phenoxy) is 2. The van der Waals surface area contributed by atoms with Crippen molar-refractivity contribution >= 4 is 12.4 Å². The molecule has 20 heavy (non-hydrogen) atoms. The lowest BCUT2D eigenvalue weighted by atomic mass is 10.1. The third kappa shape index (κ3) is 3.73. The smallest absolute Gasteiger partial charge is 0.410 e. The molecule has 0 aliphatic carbocycles. The fraction of sp³-hybridized carbons (Fsp3) is 0.467. The maximum absolute atomic E-state index is 11.7. The van der Waals surface area contributed by atoms with Gasteiger partial charge in [0.2, 0.25) is 0 Å². The van der Waals surface area contributed by atoms with Gasteiger partial charge < -0.3 is 14.4 Å². The molecule has 0 radical (unpaired) electrons. The van der Waals surface area contributed by atoms with Gasteiger partial charge in [-0.2, -0.15) is 0 Å². The lowest BCUT2D eigenvalue weighted by Gasteiger charge is -2.39. The average molecular weight is 277 g/mol. The molecule has 1 aliphatic rings. The van der Waals surface area contributed by atoms with Crippen LogP contribution in [-0.2, 0) is 4.74 Å². The van der Waals surface area contributed by atoms with Crippen LogP contribution in [0.25, 0.3) is 0 Å². The lowest BCUT2D eigenvalue weighted by Crippen LogP contribution is -2.57. The van der Waals surface area contributed by atoms with Gasteiger partial charge in [-0.1, -0.05) is 12.1 Å². The first-order valence-electron chi connectivity index (χ1n) is 6.57. The van der Waals surface area contributed by atoms with Crippen molar-refractivity contribution in [1.29, 1.82) is 0 Å². The molecule has 1 fully saturated rings. The summed E-state index contributed by atoms with van der Waals surface area (Å²) in [6.45, 7) is 6.51. The molecular formula is C15H19NO4. The Morgan fingerprint density at radius 3 is 2.65 bits per heavy atom. The summed E-state index contributed by atoms with van der Waals surface area (Å²) in [4.78, 5) is 24.0. The Balaban J connectivity index is 1.82. The molecular weight excluding hydrogens is 258 g/mol. The average Bonchev–Trinajstić information content (AvgIpc) is 2.31. The minimum atomic E-state index is -0.485. The molecule has 0 N–H and O–H groups in total. The van der Waals surface area contributed by atoms with Crippen LogP contribution >= 0.6 is 0 Å². The molecule has 1 saturated heterocycles. The molecule has 0 spiro atoms. The first-order chi connectivity index (χ1) is 9.37. The van der Waals surface area contributed by atoms with Gasteiger partial charge in [-0.25, -0.2) is 4.79 Å². The molecule has 0 atom stereocenters. The van der Waals surface area contributed by atoms with E-state index in [0.717, 1.165) is 6.29 Å². The van der Waals surface area contributed by atoms with Crippen LogP contribution in [0, 0.1) is 0 Å². The summed E-state index contributed by atoms with van der Waals surface area (Å²) in [6.07, 6.45) is 0.407. The normalized spacial score (nSPS) is 15.4. The fourth-order valence-corrected chi connectivity index (χ4v) is 1.84. The lowest BCUT2D eigenvalue weighted by molar-refractivity contribution is -0.0221. The molecule has 0 saturated carbocycles. The maximum atomic E-state index is 11.7. The molecule has 1 aromatic carbocycles. The summed E-state index contributed by atoms with van der Waals surface area (Å²) in [6, 6.07) is 6.96. The largest absolute Gasteiger partial charge is 0.487 e. The van der Waals surface area contributed by atoms with Crippen molar-refractivity contribution in [2.45, 2.75) is 32.5 Å². The molecule has 5 nitrogen and oxygen atoms in total. The van der Waals surface area contributed by atoms with E-state index in [9.17, 15) is 9.59 Å². The van der Waals surface area contributed by atoms with Crippen molar-refractivity contribution in [1.82, 2.24) is 4.90 Å². The Bertz CT molecular complexity index is 501. The van der Waals surface area contributed by atoms with Gasteiger partial charge in [0.1, 0.15) is 23.7 Å². The fourth-order valence-electron chi connectivity index (χ4n) is 1.84. The van der Waals surface area contributed by atoms with E-state index in [0.29, 0.717) is 24.4 Å². The van der Waals surface area contributed by atoms with Gasteiger partial charge in [-0.3, -0.25) is 4.79 Å². The van der Waals surface area contributed by atoms with E-state index < -0.39 is 5.60 Å². The second kappa shape index (κ2) is 5.53. The summed E-state index contributed by atoms with van der Waals surface area (Å²) < 4.78 is 11.0. The van der Waals surface area contributed by atoms with Crippen LogP contribution in [0.4, 0.5) is 4.79 Å². The first-order valence-corrected chi connectivity index (χ1v) is 6.57. The van der Waals surface area contributed by atoms with Crippen molar-refractivity contribution in [3.63, 3.8) is 0 Å². The van der Waals surface area contributed by atoms with E-state index in [-0.39, 0.29) is 12.2 Å². The van der Waals surface area contributed by atoms with Crippen LogP contribution in [-0.4, -0.2) is 42.1 Å². The van der Waals surface area contributed by atoms with Crippen LogP contribution in [0.1, 0.15) is 31.1 Å². The Morgan fingerprint density at radius 1 is 1.35 bits per heavy atom. The molecule has 5 heteroatoms. The van der Waals surface area contributed by atoms with Crippen LogP contribution < -0.4 is 4.74 Å². The Kier molecular flexibility index (Phi) is 3.97. The molecule has 0 aromatic heterocycles. The van der Waals surface area contributed by atoms with Crippen molar-refractivity contribution in [2.24, 2.45) is 0 Å². The van der Waals surface area contributed by atoms with E-state index in [2.05, 4.69) is 0 Å². The van der Waals surface area contributed by atoms with Crippen molar-refractivity contribution in [2.75, 3.05) is 13.1 Å². The van der Waals surface area contributed by atoms with Gasteiger partial charge in [0.25, 0.3) is 0 Å². The number of amides is 1. The van der Waals surface area contributed by atoms with Gasteiger partial charge in [0, 0.05) is 5.56 Å². The summed E-state index contributed by atoms with van der Waals surface area (Å²) in [5.74, 6) is 0.642. The maximum Gasteiger partial charge on any atom is 0.410 e. The van der Waals surface area contributed by atoms with Gasteiger partial charge in [0.05, 0.1) is 13.1 Å². The van der Waals surface area contributed by atoms with Gasteiger partial charge in [-0.15, -0.1) is 0 Å². The third-order valence-electron chi connectivity index (χ3n) is 2.80. The molecule has 1 aromatic rings. The number of hydrogen-bond donors (Lipinski definition) is 0. The monoisotopic (exact) mass is 277 g/mol. The van der Waals surface area contributed by atoms with E-state index in [1.54, 1.807) is 29.2 Å². The number of nitrogens with zero attached hydrogens (tertiary/aromatic N) is 1. The van der Waals surface area contributed by atoms with E-state index in [1.807, 2.05) is 20.8 Å². The minimum absolute atomic E-state index is 0.0515. The zero-order chi connectivity index (χ0) is 14.8. The van der Waals surface area contributed by atoms with Crippen LogP contribution in [0.3, 0.4) is 0 Å². The molecule has 1 amide bonds. The molecule has 2 rings (SSSR count). The molecule has 1 heterocycles. The summed E-state index contributed by atoms with van der Waals surface area (Å²) in [7, 11) is 0. The summed E-state index contributed by atoms with van der Waals surface area (Å²) in [5, 5.41) is 0. The number of carbonyl (C=O) groups excluding carboxylic acids is 2. The van der Waals surface area contributed by atoms with Crippen LogP contribution in [0.15, 0.2) is 24.3 Å². The highest BCUT2D eigenvalue weighted by Gasteiger charge is 2.35. The highest BCUT2D eigenvalue weighted by molar-refractivity contribution is 5.75. The molecule has 0 unspecified atom stereocenters. The number of rotatable bonds is 3. The van der Waals surface area contributed by atoms with E-state index >= 15 is 0 Å². The standard InChI is InChI=1S/C15H19NO4/c1-15(2,3)20-14(18)16-8-13(9-16)19-12-6-4-5-11(7-12)10-17/h4-7,10,13H,8-9H2,1-3H3. The molecule has 1 aliphatic heterocycles. The number of hydrogen-bond acceptors (Lipinski definition) is 4. The van der Waals surface area contributed by atoms with Crippen molar-refractivity contribution in [3.05, 3.63) is 29.8 Å². The minimum Gasteiger partial charge on any atom is -0.487 e. The highest BCUT2D eigenvalue weighted by atomic mass is 16.6. The summed E-state index contributed by atoms with van der Waals surface area (Å²) >= 11 is 0. The van der Waals surface area contributed by atoms with Crippen LogP contribution in [0.2, 0.25) is 0 Å². The highest BCUT2D eigenvalue weighted by Crippen LogP contribution is 2.20. The third-order valence-corrected chi connectivity index (χ3v) is 2.80. The number of likely N-dealkylation sites (tertiary alicyclic amines) is 1. The predicted octanol–water partition coefficient (Wildman–Crippen LogP) is 2.50. The van der Waals surface area contributed by atoms with Crippen molar-refractivity contribution in [3.8, 4) is 5.75 Å². The number of benzene rings is 1. The van der Waals surface area contributed by atoms with Crippen LogP contribution in [0.5, 0.6) is 5.75 Å². The Morgan fingerprint density at radius 2 is 2.05 bits per heavy atom. The Labute approximate surface area is 118 Å². The second-order valence-corrected chi connectivity index (χ2v) is 5.82. The summed E-state index contributed by atoms with van der Waals surface area (Å²) in [5.41, 5.74) is 0.0900. The van der Waals surface area contributed by atoms with E-state index in [4.69, 9.17) is 9.47 Å². The second-order valence-electron chi connectivity index (χ2n) is 5.82. The number of aldehydes is 1. The van der Waals surface area contributed by atoms with Crippen molar-refractivity contribution < 1.29 is 19.1 Å². The quantitative estimate of drug-likeness (QED) is 0.796. The molecule has 0 bridgehead atoms. The van der Waals surface area contributed by atoms with Gasteiger partial charge in [0.15, 0.2) is 0 Å². The van der Waals surface area contributed by atoms with Gasteiger partial charge in [-0.05, 0) is 32.9 Å². The van der Waals surface area contributed by atoms with E-state index in [1.165, 1.54) is 0 Å². The zero-order valence-electron chi connectivity index (χ0n) is 12.0. The predicted molar refractivity (Wildman–Crippen MR) is 74.1 cm³/mol. The molecule has 108 valence electrons. The first kappa shape index (κ1) is 14.4. The SMILES string of the molecule is CC(C)(C)OC(=O)N1CC(Oc2cccc(C=O)c2)C1. The Hall–Kier alpha value is -2.04. The topological polar surface area (TPSA) is 55.8 Å².